The topological polar surface area (TPSA) is 42.0 Å². The van der Waals surface area contributed by atoms with Crippen LogP contribution < -0.4 is 5.32 Å². The smallest absolute Gasteiger partial charge is 0.224 e. The zero-order valence-electron chi connectivity index (χ0n) is 14.0. The van der Waals surface area contributed by atoms with Crippen LogP contribution in [0, 0.1) is 12.7 Å². The number of hydrogen-bond acceptors (Lipinski definition) is 3. The maximum absolute atomic E-state index is 12.9. The van der Waals surface area contributed by atoms with E-state index in [1.54, 1.807) is 23.5 Å². The van der Waals surface area contributed by atoms with E-state index in [0.717, 1.165) is 22.7 Å². The number of hydrogen-bond donors (Lipinski definition) is 1. The van der Waals surface area contributed by atoms with E-state index in [-0.39, 0.29) is 18.1 Å². The van der Waals surface area contributed by atoms with Crippen molar-refractivity contribution in [3.05, 3.63) is 87.1 Å². The van der Waals surface area contributed by atoms with Gasteiger partial charge >= 0.3 is 0 Å². The quantitative estimate of drug-likeness (QED) is 0.726. The van der Waals surface area contributed by atoms with Gasteiger partial charge in [-0.1, -0.05) is 42.5 Å². The van der Waals surface area contributed by atoms with Crippen LogP contribution >= 0.6 is 11.3 Å². The van der Waals surface area contributed by atoms with Crippen LogP contribution in [0.4, 0.5) is 4.39 Å². The van der Waals surface area contributed by atoms with Gasteiger partial charge in [0.15, 0.2) is 0 Å². The summed E-state index contributed by atoms with van der Waals surface area (Å²) in [7, 11) is 0. The summed E-state index contributed by atoms with van der Waals surface area (Å²) in [4.78, 5) is 17.8. The van der Waals surface area contributed by atoms with Gasteiger partial charge < -0.3 is 5.32 Å². The summed E-state index contributed by atoms with van der Waals surface area (Å²) in [5.41, 5.74) is 3.05. The van der Waals surface area contributed by atoms with Crippen molar-refractivity contribution in [1.82, 2.24) is 10.3 Å². The normalized spacial score (nSPS) is 10.6. The first-order valence-electron chi connectivity index (χ1n) is 8.10. The second-order valence-electron chi connectivity index (χ2n) is 5.86. The summed E-state index contributed by atoms with van der Waals surface area (Å²) >= 11 is 1.63. The average Bonchev–Trinajstić information content (AvgIpc) is 2.96. The molecule has 0 atom stereocenters. The Hall–Kier alpha value is -2.53. The number of halogens is 1. The van der Waals surface area contributed by atoms with Crippen LogP contribution in [-0.4, -0.2) is 10.9 Å². The van der Waals surface area contributed by atoms with Gasteiger partial charge in [-0.2, -0.15) is 0 Å². The number of nitrogens with zero attached hydrogens (tertiary/aromatic N) is 1. The van der Waals surface area contributed by atoms with Gasteiger partial charge in [0.2, 0.25) is 5.91 Å². The number of nitrogens with one attached hydrogen (secondary N) is 1. The van der Waals surface area contributed by atoms with E-state index < -0.39 is 0 Å². The molecule has 25 heavy (non-hydrogen) atoms. The molecule has 0 bridgehead atoms. The van der Waals surface area contributed by atoms with Crippen LogP contribution in [0.3, 0.4) is 0 Å². The second-order valence-corrected chi connectivity index (χ2v) is 7.03. The van der Waals surface area contributed by atoms with Gasteiger partial charge in [0, 0.05) is 11.3 Å². The zero-order chi connectivity index (χ0) is 17.6. The Morgan fingerprint density at radius 3 is 2.52 bits per heavy atom. The SMILES string of the molecule is Cc1nc(CNC(=O)Cc2ccc(F)cc2)sc1Cc1ccccc1. The first-order valence-corrected chi connectivity index (χ1v) is 8.92. The lowest BCUT2D eigenvalue weighted by Crippen LogP contribution is -2.24. The number of rotatable bonds is 6. The van der Waals surface area contributed by atoms with Crippen molar-refractivity contribution < 1.29 is 9.18 Å². The van der Waals surface area contributed by atoms with Crippen LogP contribution in [0.25, 0.3) is 0 Å². The van der Waals surface area contributed by atoms with Gasteiger partial charge in [-0.3, -0.25) is 4.79 Å². The molecule has 128 valence electrons. The van der Waals surface area contributed by atoms with Crippen LogP contribution in [0.1, 0.15) is 26.7 Å². The van der Waals surface area contributed by atoms with E-state index in [2.05, 4.69) is 22.4 Å². The summed E-state index contributed by atoms with van der Waals surface area (Å²) in [6, 6.07) is 16.2. The number of amides is 1. The van der Waals surface area contributed by atoms with E-state index in [0.29, 0.717) is 6.54 Å². The third-order valence-corrected chi connectivity index (χ3v) is 5.02. The number of aryl methyl sites for hydroxylation is 1. The van der Waals surface area contributed by atoms with Crippen molar-refractivity contribution in [1.29, 1.82) is 0 Å². The Morgan fingerprint density at radius 2 is 1.80 bits per heavy atom. The van der Waals surface area contributed by atoms with E-state index in [1.807, 2.05) is 25.1 Å². The largest absolute Gasteiger partial charge is 0.349 e. The summed E-state index contributed by atoms with van der Waals surface area (Å²) in [5, 5.41) is 3.78. The highest BCUT2D eigenvalue weighted by Gasteiger charge is 2.10. The molecule has 0 saturated heterocycles. The van der Waals surface area contributed by atoms with E-state index >= 15 is 0 Å². The molecule has 1 amide bonds. The highest BCUT2D eigenvalue weighted by Crippen LogP contribution is 2.21. The van der Waals surface area contributed by atoms with Crippen LogP contribution in [0.15, 0.2) is 54.6 Å². The monoisotopic (exact) mass is 354 g/mol. The molecule has 0 saturated carbocycles. The highest BCUT2D eigenvalue weighted by molar-refractivity contribution is 7.11. The van der Waals surface area contributed by atoms with Crippen molar-refractivity contribution in [2.45, 2.75) is 26.3 Å². The van der Waals surface area contributed by atoms with Gasteiger partial charge in [0.05, 0.1) is 18.7 Å². The Bertz CT molecular complexity index is 844. The van der Waals surface area contributed by atoms with Crippen LogP contribution in [-0.2, 0) is 24.2 Å². The maximum Gasteiger partial charge on any atom is 0.224 e. The number of carbonyl (C=O) groups is 1. The maximum atomic E-state index is 12.9. The van der Waals surface area contributed by atoms with Gasteiger partial charge in [0.1, 0.15) is 10.8 Å². The number of benzene rings is 2. The first-order chi connectivity index (χ1) is 12.1. The Balaban J connectivity index is 1.55. The molecule has 3 rings (SSSR count). The number of carbonyl (C=O) groups excluding carboxylic acids is 1. The third kappa shape index (κ3) is 4.97. The molecule has 3 aromatic rings. The molecule has 0 spiro atoms. The number of aromatic nitrogens is 1. The molecule has 1 heterocycles. The highest BCUT2D eigenvalue weighted by atomic mass is 32.1. The van der Waals surface area contributed by atoms with E-state index in [9.17, 15) is 9.18 Å². The van der Waals surface area contributed by atoms with Crippen LogP contribution in [0.5, 0.6) is 0 Å². The van der Waals surface area contributed by atoms with Crippen molar-refractivity contribution in [3.8, 4) is 0 Å². The van der Waals surface area contributed by atoms with Crippen molar-refractivity contribution in [2.24, 2.45) is 0 Å². The zero-order valence-corrected chi connectivity index (χ0v) is 14.8. The molecule has 0 unspecified atom stereocenters. The molecular weight excluding hydrogens is 335 g/mol. The predicted octanol–water partition coefficient (Wildman–Crippen LogP) is 4.04. The van der Waals surface area contributed by atoms with Crippen molar-refractivity contribution >= 4 is 17.2 Å². The molecule has 1 aromatic heterocycles. The fourth-order valence-corrected chi connectivity index (χ4v) is 3.58. The standard InChI is InChI=1S/C20H19FN2OS/c1-14-18(11-15-5-3-2-4-6-15)25-20(23-14)13-22-19(24)12-16-7-9-17(21)10-8-16/h2-10H,11-13H2,1H3,(H,22,24). The molecule has 0 radical (unpaired) electrons. The summed E-state index contributed by atoms with van der Waals surface area (Å²) < 4.78 is 12.9. The van der Waals surface area contributed by atoms with Crippen molar-refractivity contribution in [2.75, 3.05) is 0 Å². The lowest BCUT2D eigenvalue weighted by molar-refractivity contribution is -0.120. The summed E-state index contributed by atoms with van der Waals surface area (Å²) in [6.45, 7) is 2.42. The van der Waals surface area contributed by atoms with E-state index in [1.165, 1.54) is 22.6 Å². The minimum atomic E-state index is -0.298. The molecule has 0 aliphatic heterocycles. The van der Waals surface area contributed by atoms with Gasteiger partial charge in [-0.25, -0.2) is 9.37 Å². The minimum absolute atomic E-state index is 0.0935. The van der Waals surface area contributed by atoms with E-state index in [4.69, 9.17) is 0 Å². The lowest BCUT2D eigenvalue weighted by Gasteiger charge is -2.03. The Labute approximate surface area is 150 Å². The molecule has 5 heteroatoms. The lowest BCUT2D eigenvalue weighted by atomic mass is 10.1. The molecule has 0 aliphatic carbocycles. The fourth-order valence-electron chi connectivity index (χ4n) is 2.53. The molecular formula is C20H19FN2OS. The van der Waals surface area contributed by atoms with Gasteiger partial charge in [0.25, 0.3) is 0 Å². The Kier molecular flexibility index (Phi) is 5.56. The molecule has 0 aliphatic rings. The molecule has 0 fully saturated rings. The third-order valence-electron chi connectivity index (χ3n) is 3.86. The number of thiazole rings is 1. The molecule has 1 N–H and O–H groups in total. The average molecular weight is 354 g/mol. The second kappa shape index (κ2) is 8.03. The predicted molar refractivity (Wildman–Crippen MR) is 98.0 cm³/mol. The first kappa shape index (κ1) is 17.3. The fraction of sp³-hybridized carbons (Fsp3) is 0.200. The Morgan fingerprint density at radius 1 is 1.08 bits per heavy atom. The van der Waals surface area contributed by atoms with Crippen LogP contribution in [0.2, 0.25) is 0 Å². The molecule has 3 nitrogen and oxygen atoms in total. The van der Waals surface area contributed by atoms with Gasteiger partial charge in [-0.05, 0) is 30.2 Å². The minimum Gasteiger partial charge on any atom is -0.349 e. The summed E-state index contributed by atoms with van der Waals surface area (Å²) in [6.07, 6.45) is 1.09. The molecule has 2 aromatic carbocycles. The van der Waals surface area contributed by atoms with Crippen molar-refractivity contribution in [3.63, 3.8) is 0 Å². The summed E-state index contributed by atoms with van der Waals surface area (Å²) in [5.74, 6) is -0.391. The van der Waals surface area contributed by atoms with Gasteiger partial charge in [-0.15, -0.1) is 11.3 Å².